The molecule has 100 valence electrons. The highest BCUT2D eigenvalue weighted by Gasteiger charge is 2.05. The smallest absolute Gasteiger partial charge is 0.219 e. The highest BCUT2D eigenvalue weighted by molar-refractivity contribution is 6.31. The summed E-state index contributed by atoms with van der Waals surface area (Å²) in [5.41, 5.74) is 2.21. The Kier molecular flexibility index (Phi) is 4.77. The number of pyridine rings is 1. The van der Waals surface area contributed by atoms with E-state index in [1.807, 2.05) is 31.3 Å². The van der Waals surface area contributed by atoms with Crippen LogP contribution >= 0.6 is 11.6 Å². The third-order valence-corrected chi connectivity index (χ3v) is 3.15. The number of hydrogen-bond acceptors (Lipinski definition) is 3. The normalized spacial score (nSPS) is 10.5. The maximum Gasteiger partial charge on any atom is 0.219 e. The number of aromatic nitrogens is 1. The molecule has 0 aliphatic carbocycles. The lowest BCUT2D eigenvalue weighted by molar-refractivity contribution is 0.461. The zero-order valence-corrected chi connectivity index (χ0v) is 11.9. The van der Waals surface area contributed by atoms with E-state index in [9.17, 15) is 0 Å². The van der Waals surface area contributed by atoms with Crippen molar-refractivity contribution in [3.05, 3.63) is 52.7 Å². The summed E-state index contributed by atoms with van der Waals surface area (Å²) in [5.74, 6) is 1.35. The van der Waals surface area contributed by atoms with Crippen molar-refractivity contribution in [2.24, 2.45) is 0 Å². The molecular formula is C15H17ClN2O. The second-order valence-electron chi connectivity index (χ2n) is 4.25. The van der Waals surface area contributed by atoms with Gasteiger partial charge in [0.1, 0.15) is 5.75 Å². The van der Waals surface area contributed by atoms with E-state index in [1.54, 1.807) is 6.20 Å². The van der Waals surface area contributed by atoms with Gasteiger partial charge in [-0.15, -0.1) is 0 Å². The second-order valence-corrected chi connectivity index (χ2v) is 4.65. The number of nitrogens with one attached hydrogen (secondary N) is 1. The molecular weight excluding hydrogens is 260 g/mol. The summed E-state index contributed by atoms with van der Waals surface area (Å²) in [5, 5.41) is 3.71. The van der Waals surface area contributed by atoms with Gasteiger partial charge in [-0.05, 0) is 36.7 Å². The lowest BCUT2D eigenvalue weighted by Crippen LogP contribution is -2.06. The van der Waals surface area contributed by atoms with Crippen molar-refractivity contribution in [2.45, 2.75) is 19.9 Å². The number of nitrogens with zero attached hydrogens (tertiary/aromatic N) is 1. The highest BCUT2D eigenvalue weighted by Crippen LogP contribution is 2.24. The fraction of sp³-hybridized carbons (Fsp3) is 0.267. The predicted octanol–water partition coefficient (Wildman–Crippen LogP) is 3.81. The summed E-state index contributed by atoms with van der Waals surface area (Å²) >= 11 is 6.07. The summed E-state index contributed by atoms with van der Waals surface area (Å²) < 4.78 is 5.77. The van der Waals surface area contributed by atoms with Gasteiger partial charge in [0.15, 0.2) is 0 Å². The first-order chi connectivity index (χ1) is 9.22. The minimum absolute atomic E-state index is 0.558. The van der Waals surface area contributed by atoms with Crippen LogP contribution in [0, 0.1) is 0 Å². The van der Waals surface area contributed by atoms with Crippen molar-refractivity contribution in [1.82, 2.24) is 10.3 Å². The van der Waals surface area contributed by atoms with Crippen LogP contribution in [0.1, 0.15) is 18.1 Å². The monoisotopic (exact) mass is 276 g/mol. The van der Waals surface area contributed by atoms with Gasteiger partial charge in [0.05, 0.1) is 5.02 Å². The maximum absolute atomic E-state index is 6.07. The van der Waals surface area contributed by atoms with Gasteiger partial charge in [0, 0.05) is 18.8 Å². The number of hydrogen-bond donors (Lipinski definition) is 1. The summed E-state index contributed by atoms with van der Waals surface area (Å²) in [4.78, 5) is 4.19. The standard InChI is InChI=1S/C15H17ClN2O/c1-3-11-5-4-6-13(7-11)19-15-8-12(9-17-2)14(16)10-18-15/h4-8,10,17H,3,9H2,1-2H3. The number of aryl methyl sites for hydroxylation is 1. The Hall–Kier alpha value is -1.58. The molecule has 1 aromatic heterocycles. The Bertz CT molecular complexity index is 558. The first kappa shape index (κ1) is 13.8. The Balaban J connectivity index is 2.20. The maximum atomic E-state index is 6.07. The molecule has 2 aromatic rings. The largest absolute Gasteiger partial charge is 0.439 e. The lowest BCUT2D eigenvalue weighted by Gasteiger charge is -2.09. The number of rotatable bonds is 5. The summed E-state index contributed by atoms with van der Waals surface area (Å²) in [6.07, 6.45) is 2.60. The van der Waals surface area contributed by atoms with E-state index in [0.29, 0.717) is 17.4 Å². The molecule has 0 bridgehead atoms. The summed E-state index contributed by atoms with van der Waals surface area (Å²) in [7, 11) is 1.88. The van der Waals surface area contributed by atoms with Gasteiger partial charge < -0.3 is 10.1 Å². The average Bonchev–Trinajstić information content (AvgIpc) is 2.43. The first-order valence-electron chi connectivity index (χ1n) is 6.28. The van der Waals surface area contributed by atoms with Gasteiger partial charge in [-0.25, -0.2) is 4.98 Å². The van der Waals surface area contributed by atoms with Crippen LogP contribution in [-0.2, 0) is 13.0 Å². The molecule has 0 saturated carbocycles. The fourth-order valence-electron chi connectivity index (χ4n) is 1.79. The van der Waals surface area contributed by atoms with E-state index >= 15 is 0 Å². The van der Waals surface area contributed by atoms with Crippen molar-refractivity contribution in [3.63, 3.8) is 0 Å². The molecule has 0 spiro atoms. The van der Waals surface area contributed by atoms with Crippen molar-refractivity contribution in [3.8, 4) is 11.6 Å². The van der Waals surface area contributed by atoms with E-state index in [4.69, 9.17) is 16.3 Å². The Morgan fingerprint density at radius 2 is 2.16 bits per heavy atom. The van der Waals surface area contributed by atoms with Gasteiger partial charge >= 0.3 is 0 Å². The molecule has 0 aliphatic rings. The second kappa shape index (κ2) is 6.55. The van der Waals surface area contributed by atoms with Gasteiger partial charge in [-0.3, -0.25) is 0 Å². The molecule has 3 nitrogen and oxygen atoms in total. The van der Waals surface area contributed by atoms with Gasteiger partial charge in [0.2, 0.25) is 5.88 Å². The number of ether oxygens (including phenoxy) is 1. The van der Waals surface area contributed by atoms with Gasteiger partial charge in [-0.2, -0.15) is 0 Å². The zero-order valence-electron chi connectivity index (χ0n) is 11.1. The van der Waals surface area contributed by atoms with Crippen molar-refractivity contribution < 1.29 is 4.74 Å². The topological polar surface area (TPSA) is 34.1 Å². The Morgan fingerprint density at radius 3 is 2.89 bits per heavy atom. The average molecular weight is 277 g/mol. The van der Waals surface area contributed by atoms with E-state index in [-0.39, 0.29) is 0 Å². The molecule has 2 rings (SSSR count). The Morgan fingerprint density at radius 1 is 1.32 bits per heavy atom. The summed E-state index contributed by atoms with van der Waals surface area (Å²) in [6.45, 7) is 2.80. The van der Waals surface area contributed by atoms with Crippen molar-refractivity contribution >= 4 is 11.6 Å². The molecule has 0 saturated heterocycles. The van der Waals surface area contributed by atoms with Crippen LogP contribution in [0.25, 0.3) is 0 Å². The predicted molar refractivity (Wildman–Crippen MR) is 77.9 cm³/mol. The molecule has 0 unspecified atom stereocenters. The molecule has 19 heavy (non-hydrogen) atoms. The molecule has 0 radical (unpaired) electrons. The van der Waals surface area contributed by atoms with Crippen LogP contribution in [0.3, 0.4) is 0 Å². The van der Waals surface area contributed by atoms with Crippen LogP contribution < -0.4 is 10.1 Å². The van der Waals surface area contributed by atoms with Gasteiger partial charge in [-0.1, -0.05) is 30.7 Å². The quantitative estimate of drug-likeness (QED) is 0.902. The molecule has 0 amide bonds. The summed E-state index contributed by atoms with van der Waals surface area (Å²) in [6, 6.07) is 9.87. The third-order valence-electron chi connectivity index (χ3n) is 2.81. The number of benzene rings is 1. The molecule has 4 heteroatoms. The van der Waals surface area contributed by atoms with Crippen LogP contribution in [0.15, 0.2) is 36.5 Å². The highest BCUT2D eigenvalue weighted by atomic mass is 35.5. The van der Waals surface area contributed by atoms with Crippen LogP contribution in [0.2, 0.25) is 5.02 Å². The van der Waals surface area contributed by atoms with Crippen LogP contribution in [-0.4, -0.2) is 12.0 Å². The molecule has 0 fully saturated rings. The molecule has 1 heterocycles. The van der Waals surface area contributed by atoms with E-state index in [1.165, 1.54) is 5.56 Å². The van der Waals surface area contributed by atoms with E-state index < -0.39 is 0 Å². The van der Waals surface area contributed by atoms with Crippen molar-refractivity contribution in [1.29, 1.82) is 0 Å². The van der Waals surface area contributed by atoms with E-state index in [0.717, 1.165) is 17.7 Å². The zero-order chi connectivity index (χ0) is 13.7. The number of halogens is 1. The Labute approximate surface area is 118 Å². The molecule has 0 atom stereocenters. The van der Waals surface area contributed by atoms with E-state index in [2.05, 4.69) is 23.3 Å². The van der Waals surface area contributed by atoms with Crippen molar-refractivity contribution in [2.75, 3.05) is 7.05 Å². The molecule has 0 aliphatic heterocycles. The molecule has 1 N–H and O–H groups in total. The van der Waals surface area contributed by atoms with Crippen LogP contribution in [0.4, 0.5) is 0 Å². The fourth-order valence-corrected chi connectivity index (χ4v) is 1.96. The molecule has 1 aromatic carbocycles. The minimum atomic E-state index is 0.558. The minimum Gasteiger partial charge on any atom is -0.439 e. The van der Waals surface area contributed by atoms with Crippen LogP contribution in [0.5, 0.6) is 11.6 Å². The SMILES string of the molecule is CCc1cccc(Oc2cc(CNC)c(Cl)cn2)c1. The third kappa shape index (κ3) is 3.69. The lowest BCUT2D eigenvalue weighted by atomic mass is 10.2. The first-order valence-corrected chi connectivity index (χ1v) is 6.66. The van der Waals surface area contributed by atoms with Gasteiger partial charge in [0.25, 0.3) is 0 Å².